The molecule has 3 aliphatic heterocycles. The molecule has 2 bridgehead atoms. The minimum atomic E-state index is -5.19. The molecule has 0 aliphatic carbocycles. The van der Waals surface area contributed by atoms with Crippen LogP contribution in [0.2, 0.25) is 0 Å². The lowest BCUT2D eigenvalue weighted by atomic mass is 9.85. The maximum atomic E-state index is 14.5. The number of unbranched alkanes of at least 4 members (excludes halogenated alkanes) is 8. The standard InChI is InChI=1S/C39H56NO6.C2HF3O2/c1-3-4-5-6-7-8-9-10-19-28-43-38(42)44-31(2)46-39(32-20-13-11-14-21-32,33-22-15-12-16-23-33)37(41)45-36-29-34-24-25-35(30-36)40(34)26-17-18-27-40;3-2(4,5)1(6)7/h11-16,20-23,31,34-36H,3-10,17-19,24-30H2,1-2H3;(H,6,7)/q+1;/p-1. The maximum Gasteiger partial charge on any atom is 0.510 e. The summed E-state index contributed by atoms with van der Waals surface area (Å²) >= 11 is 0. The number of benzene rings is 2. The minimum absolute atomic E-state index is 0.165. The van der Waals surface area contributed by atoms with Crippen molar-refractivity contribution in [1.29, 1.82) is 0 Å². The number of halogens is 3. The molecule has 2 aromatic rings. The summed E-state index contributed by atoms with van der Waals surface area (Å²) in [4.78, 5) is 36.0. The van der Waals surface area contributed by atoms with Gasteiger partial charge in [-0.25, -0.2) is 9.59 Å². The molecule has 0 radical (unpaired) electrons. The van der Waals surface area contributed by atoms with Crippen molar-refractivity contribution in [3.8, 4) is 0 Å². The van der Waals surface area contributed by atoms with Gasteiger partial charge >= 0.3 is 18.3 Å². The summed E-state index contributed by atoms with van der Waals surface area (Å²) in [5, 5.41) is 8.78. The molecule has 0 aromatic heterocycles. The summed E-state index contributed by atoms with van der Waals surface area (Å²) in [5.74, 6) is -3.48. The highest BCUT2D eigenvalue weighted by atomic mass is 19.4. The molecule has 0 N–H and O–H groups in total. The van der Waals surface area contributed by atoms with Crippen LogP contribution in [-0.2, 0) is 34.1 Å². The Morgan fingerprint density at radius 2 is 1.26 bits per heavy atom. The van der Waals surface area contributed by atoms with E-state index in [-0.39, 0.29) is 6.10 Å². The highest BCUT2D eigenvalue weighted by Gasteiger charge is 2.57. The highest BCUT2D eigenvalue weighted by Crippen LogP contribution is 2.47. The SMILES string of the molecule is CCCCCCCCCCCOC(=O)OC(C)OC(C(=O)OC1CC2CCC(C1)[N+]21CCCC1)(c1ccccc1)c1ccccc1.O=C([O-])C(F)(F)F. The Bertz CT molecular complexity index is 1360. The molecule has 0 saturated carbocycles. The number of nitrogens with zero attached hydrogens (tertiary/aromatic N) is 1. The number of hydrogen-bond donors (Lipinski definition) is 0. The van der Waals surface area contributed by atoms with Crippen molar-refractivity contribution in [3.05, 3.63) is 71.8 Å². The number of hydrogen-bond acceptors (Lipinski definition) is 8. The fourth-order valence-electron chi connectivity index (χ4n) is 8.48. The molecule has 9 nitrogen and oxygen atoms in total. The van der Waals surface area contributed by atoms with E-state index in [2.05, 4.69) is 6.92 Å². The summed E-state index contributed by atoms with van der Waals surface area (Å²) in [6.07, 6.45) is 10.2. The second kappa shape index (κ2) is 20.2. The van der Waals surface area contributed by atoms with E-state index in [4.69, 9.17) is 28.8 Å². The summed E-state index contributed by atoms with van der Waals surface area (Å²) in [5.41, 5.74) is -0.353. The lowest BCUT2D eigenvalue weighted by molar-refractivity contribution is -0.956. The Morgan fingerprint density at radius 3 is 1.74 bits per heavy atom. The van der Waals surface area contributed by atoms with Crippen LogP contribution in [0.4, 0.5) is 18.0 Å². The van der Waals surface area contributed by atoms with Gasteiger partial charge < -0.3 is 33.3 Å². The van der Waals surface area contributed by atoms with Crippen molar-refractivity contribution in [1.82, 2.24) is 0 Å². The van der Waals surface area contributed by atoms with Crippen LogP contribution in [-0.4, -0.2) is 72.9 Å². The van der Waals surface area contributed by atoms with Crippen LogP contribution in [0.5, 0.6) is 0 Å². The zero-order valence-corrected chi connectivity index (χ0v) is 31.2. The van der Waals surface area contributed by atoms with Gasteiger partial charge in [0.25, 0.3) is 0 Å². The molecule has 3 heterocycles. The average molecular weight is 748 g/mol. The maximum absolute atomic E-state index is 14.5. The van der Waals surface area contributed by atoms with E-state index in [1.165, 1.54) is 81.8 Å². The molecular formula is C41H56F3NO8. The number of aliphatic carboxylic acids is 1. The number of quaternary nitrogens is 1. The Balaban J connectivity index is 0.000000815. The highest BCUT2D eigenvalue weighted by molar-refractivity contribution is 5.86. The van der Waals surface area contributed by atoms with E-state index in [0.29, 0.717) is 29.8 Å². The van der Waals surface area contributed by atoms with Crippen molar-refractivity contribution in [2.45, 2.75) is 146 Å². The van der Waals surface area contributed by atoms with Crippen molar-refractivity contribution in [3.63, 3.8) is 0 Å². The Morgan fingerprint density at radius 1 is 0.792 bits per heavy atom. The molecule has 2 aromatic carbocycles. The average Bonchev–Trinajstić information content (AvgIpc) is 3.68. The first-order valence-electron chi connectivity index (χ1n) is 19.4. The third kappa shape index (κ3) is 11.4. The molecular weight excluding hydrogens is 691 g/mol. The van der Waals surface area contributed by atoms with Gasteiger partial charge in [0.1, 0.15) is 12.1 Å². The Kier molecular flexibility index (Phi) is 16.0. The quantitative estimate of drug-likeness (QED) is 0.0691. The zero-order valence-electron chi connectivity index (χ0n) is 31.2. The van der Waals surface area contributed by atoms with Crippen LogP contribution in [0, 0.1) is 0 Å². The molecule has 3 atom stereocenters. The van der Waals surface area contributed by atoms with Gasteiger partial charge in [-0.15, -0.1) is 0 Å². The molecule has 3 fully saturated rings. The molecule has 1 spiro atoms. The van der Waals surface area contributed by atoms with Crippen LogP contribution >= 0.6 is 0 Å². The first-order chi connectivity index (χ1) is 25.4. The van der Waals surface area contributed by atoms with Crippen LogP contribution in [0.15, 0.2) is 60.7 Å². The first-order valence-corrected chi connectivity index (χ1v) is 19.4. The number of carboxylic acids is 1. The minimum Gasteiger partial charge on any atom is -0.542 e. The lowest BCUT2D eigenvalue weighted by Gasteiger charge is -2.47. The van der Waals surface area contributed by atoms with Crippen LogP contribution in [0.25, 0.3) is 0 Å². The largest absolute Gasteiger partial charge is 0.542 e. The number of alkyl halides is 3. The lowest BCUT2D eigenvalue weighted by Crippen LogP contribution is -2.60. The van der Waals surface area contributed by atoms with E-state index in [0.717, 1.165) is 32.1 Å². The van der Waals surface area contributed by atoms with Crippen LogP contribution < -0.4 is 5.11 Å². The molecule has 3 saturated heterocycles. The van der Waals surface area contributed by atoms with Crippen LogP contribution in [0.1, 0.15) is 121 Å². The molecule has 5 rings (SSSR count). The van der Waals surface area contributed by atoms with Gasteiger partial charge in [-0.3, -0.25) is 0 Å². The number of carbonyl (C=O) groups is 3. The van der Waals surface area contributed by atoms with E-state index in [1.807, 2.05) is 60.7 Å². The van der Waals surface area contributed by atoms with Gasteiger partial charge in [0.2, 0.25) is 11.9 Å². The van der Waals surface area contributed by atoms with Gasteiger partial charge in [-0.05, 0) is 24.5 Å². The topological polar surface area (TPSA) is 111 Å². The number of piperidine rings is 1. The van der Waals surface area contributed by atoms with Gasteiger partial charge in [0.05, 0.1) is 31.8 Å². The molecule has 3 aliphatic rings. The van der Waals surface area contributed by atoms with E-state index in [1.54, 1.807) is 6.92 Å². The first kappa shape index (κ1) is 42.1. The van der Waals surface area contributed by atoms with Crippen molar-refractivity contribution < 1.29 is 56.1 Å². The van der Waals surface area contributed by atoms with Gasteiger partial charge in [-0.1, -0.05) is 119 Å². The van der Waals surface area contributed by atoms with E-state index >= 15 is 0 Å². The smallest absolute Gasteiger partial charge is 0.510 e. The van der Waals surface area contributed by atoms with Crippen LogP contribution in [0.3, 0.4) is 0 Å². The van der Waals surface area contributed by atoms with Crippen molar-refractivity contribution in [2.75, 3.05) is 19.7 Å². The van der Waals surface area contributed by atoms with Gasteiger partial charge in [-0.2, -0.15) is 13.2 Å². The molecule has 3 unspecified atom stereocenters. The third-order valence-electron chi connectivity index (χ3n) is 11.0. The van der Waals surface area contributed by atoms with Gasteiger partial charge in [0.15, 0.2) is 0 Å². The molecule has 12 heteroatoms. The predicted molar refractivity (Wildman–Crippen MR) is 190 cm³/mol. The van der Waals surface area contributed by atoms with E-state index in [9.17, 15) is 22.8 Å². The summed E-state index contributed by atoms with van der Waals surface area (Å²) in [7, 11) is 0. The normalized spacial score (nSPS) is 21.0. The number of carbonyl (C=O) groups excluding carboxylic acids is 3. The van der Waals surface area contributed by atoms with Crippen molar-refractivity contribution >= 4 is 18.1 Å². The molecule has 294 valence electrons. The monoisotopic (exact) mass is 747 g/mol. The van der Waals surface area contributed by atoms with Crippen molar-refractivity contribution in [2.24, 2.45) is 0 Å². The fourth-order valence-corrected chi connectivity index (χ4v) is 8.48. The fraction of sp³-hybridized carbons (Fsp3) is 0.634. The summed E-state index contributed by atoms with van der Waals surface area (Å²) in [6, 6.07) is 20.0. The third-order valence-corrected chi connectivity index (χ3v) is 11.0. The predicted octanol–water partition coefficient (Wildman–Crippen LogP) is 8.12. The second-order valence-corrected chi connectivity index (χ2v) is 14.6. The van der Waals surface area contributed by atoms with E-state index < -0.39 is 36.2 Å². The Hall–Kier alpha value is -3.64. The number of carboxylic acid groups (broad SMARTS) is 1. The number of ether oxygens (including phenoxy) is 4. The molecule has 53 heavy (non-hydrogen) atoms. The second-order valence-electron chi connectivity index (χ2n) is 14.6. The number of esters is 1. The zero-order chi connectivity index (χ0) is 38.3. The van der Waals surface area contributed by atoms with Gasteiger partial charge in [0, 0.05) is 38.5 Å². The molecule has 0 amide bonds. The Labute approximate surface area is 311 Å². The number of rotatable bonds is 17. The summed E-state index contributed by atoms with van der Waals surface area (Å²) < 4.78 is 56.8. The summed E-state index contributed by atoms with van der Waals surface area (Å²) in [6.45, 7) is 6.70.